The molecule has 1 aliphatic rings. The van der Waals surface area contributed by atoms with E-state index in [1.165, 1.54) is 6.34 Å². The van der Waals surface area contributed by atoms with Crippen molar-refractivity contribution in [2.45, 2.75) is 11.8 Å². The van der Waals surface area contributed by atoms with Crippen LogP contribution in [0.4, 0.5) is 5.69 Å². The molecule has 1 aromatic carbocycles. The average molecular weight is 317 g/mol. The van der Waals surface area contributed by atoms with Crippen LogP contribution in [0.2, 0.25) is 0 Å². The predicted octanol–water partition coefficient (Wildman–Crippen LogP) is 2.25. The van der Waals surface area contributed by atoms with E-state index in [0.717, 1.165) is 11.9 Å². The summed E-state index contributed by atoms with van der Waals surface area (Å²) < 4.78 is 27.1. The first kappa shape index (κ1) is 12.6. The van der Waals surface area contributed by atoms with E-state index in [0.29, 0.717) is 11.6 Å². The molecule has 1 aliphatic heterocycles. The first-order chi connectivity index (χ1) is 8.04. The Kier molecular flexibility index (Phi) is 3.53. The Hall–Kier alpha value is -0.880. The van der Waals surface area contributed by atoms with Gasteiger partial charge in [-0.15, -0.1) is 4.40 Å². The number of halogens is 1. The van der Waals surface area contributed by atoms with Crippen molar-refractivity contribution in [3.8, 4) is 0 Å². The largest absolute Gasteiger partial charge is 0.330 e. The zero-order chi connectivity index (χ0) is 12.5. The van der Waals surface area contributed by atoms with E-state index in [1.54, 1.807) is 18.2 Å². The number of rotatable bonds is 3. The van der Waals surface area contributed by atoms with Crippen LogP contribution in [0.15, 0.2) is 33.6 Å². The van der Waals surface area contributed by atoms with Gasteiger partial charge in [-0.3, -0.25) is 0 Å². The minimum atomic E-state index is -3.50. The smallest absolute Gasteiger partial charge is 0.285 e. The Morgan fingerprint density at radius 1 is 1.41 bits per heavy atom. The van der Waals surface area contributed by atoms with Gasteiger partial charge in [0.05, 0.1) is 5.69 Å². The first-order valence-corrected chi connectivity index (χ1v) is 7.83. The molecule has 2 rings (SSSR count). The second-order valence-corrected chi connectivity index (χ2v) is 6.32. The highest BCUT2D eigenvalue weighted by Gasteiger charge is 2.25. The maximum Gasteiger partial charge on any atom is 0.285 e. The topological polar surface area (TPSA) is 49.7 Å². The molecule has 6 heteroatoms. The molecule has 0 saturated carbocycles. The van der Waals surface area contributed by atoms with Gasteiger partial charge < -0.3 is 4.90 Å². The maximum absolute atomic E-state index is 11.7. The van der Waals surface area contributed by atoms with Crippen LogP contribution >= 0.6 is 15.9 Å². The van der Waals surface area contributed by atoms with Crippen molar-refractivity contribution in [3.05, 3.63) is 24.3 Å². The summed E-state index contributed by atoms with van der Waals surface area (Å²) in [5.41, 5.74) is 0.704. The third kappa shape index (κ3) is 2.52. The number of fused-ring (bicyclic) bond motifs is 1. The summed E-state index contributed by atoms with van der Waals surface area (Å²) in [4.78, 5) is 2.16. The van der Waals surface area contributed by atoms with Crippen molar-refractivity contribution in [2.75, 3.05) is 16.8 Å². The van der Waals surface area contributed by atoms with Crippen molar-refractivity contribution in [2.24, 2.45) is 10.3 Å². The standard InChI is InChI=1S/C11H13BrN2O2S/c1-9(6-12)7-14-8-13-17(15,16)11-5-3-2-4-10(11)14/h2-5,8-9H,6-7H2,1H3. The Labute approximate surface area is 110 Å². The molecule has 0 N–H and O–H groups in total. The van der Waals surface area contributed by atoms with Crippen LogP contribution < -0.4 is 4.90 Å². The molecule has 1 atom stereocenters. The van der Waals surface area contributed by atoms with Crippen LogP contribution in [0, 0.1) is 5.92 Å². The molecule has 0 spiro atoms. The lowest BCUT2D eigenvalue weighted by atomic mass is 10.2. The monoisotopic (exact) mass is 316 g/mol. The third-order valence-corrected chi connectivity index (χ3v) is 4.93. The number of anilines is 1. The van der Waals surface area contributed by atoms with Crippen LogP contribution in [0.25, 0.3) is 0 Å². The van der Waals surface area contributed by atoms with E-state index < -0.39 is 10.0 Å². The van der Waals surface area contributed by atoms with Crippen molar-refractivity contribution in [1.29, 1.82) is 0 Å². The Bertz CT molecular complexity index is 542. The fraction of sp³-hybridized carbons (Fsp3) is 0.364. The average Bonchev–Trinajstić information content (AvgIpc) is 2.33. The van der Waals surface area contributed by atoms with Gasteiger partial charge in [-0.05, 0) is 18.1 Å². The summed E-state index contributed by atoms with van der Waals surface area (Å²) in [5.74, 6) is 0.412. The van der Waals surface area contributed by atoms with Crippen molar-refractivity contribution in [1.82, 2.24) is 0 Å². The normalized spacial score (nSPS) is 18.8. The van der Waals surface area contributed by atoms with Gasteiger partial charge in [0.25, 0.3) is 10.0 Å². The molecule has 0 aromatic heterocycles. The van der Waals surface area contributed by atoms with Gasteiger partial charge in [-0.1, -0.05) is 35.0 Å². The molecule has 0 bridgehead atoms. The lowest BCUT2D eigenvalue weighted by Crippen LogP contribution is -2.31. The van der Waals surface area contributed by atoms with Gasteiger partial charge >= 0.3 is 0 Å². The summed E-state index contributed by atoms with van der Waals surface area (Å²) in [5, 5.41) is 0.867. The van der Waals surface area contributed by atoms with E-state index in [9.17, 15) is 8.42 Å². The van der Waals surface area contributed by atoms with Crippen molar-refractivity contribution < 1.29 is 8.42 Å². The van der Waals surface area contributed by atoms with E-state index in [-0.39, 0.29) is 4.90 Å². The lowest BCUT2D eigenvalue weighted by molar-refractivity contribution is 0.595. The molecule has 17 heavy (non-hydrogen) atoms. The number of sulfonamides is 1. The summed E-state index contributed by atoms with van der Waals surface area (Å²) in [7, 11) is -3.50. The molecule has 0 radical (unpaired) electrons. The molecule has 0 aliphatic carbocycles. The summed E-state index contributed by atoms with van der Waals surface area (Å²) >= 11 is 3.41. The molecule has 0 amide bonds. The van der Waals surface area contributed by atoms with Gasteiger partial charge in [-0.25, -0.2) is 0 Å². The van der Waals surface area contributed by atoms with Crippen LogP contribution in [0.3, 0.4) is 0 Å². The molecule has 0 fully saturated rings. The van der Waals surface area contributed by atoms with E-state index in [4.69, 9.17) is 0 Å². The van der Waals surface area contributed by atoms with E-state index in [2.05, 4.69) is 27.3 Å². The SMILES string of the molecule is CC(CBr)CN1C=NS(=O)(=O)c2ccccc21. The van der Waals surface area contributed by atoms with Crippen molar-refractivity contribution >= 4 is 38.0 Å². The second-order valence-electron chi connectivity index (χ2n) is 4.08. The first-order valence-electron chi connectivity index (χ1n) is 5.26. The van der Waals surface area contributed by atoms with Gasteiger partial charge in [-0.2, -0.15) is 8.42 Å². The number of nitrogens with zero attached hydrogens (tertiary/aromatic N) is 2. The zero-order valence-corrected chi connectivity index (χ0v) is 11.8. The molecule has 0 saturated heterocycles. The fourth-order valence-corrected chi connectivity index (χ4v) is 2.94. The molecular formula is C11H13BrN2O2S. The van der Waals surface area contributed by atoms with Gasteiger partial charge in [0.2, 0.25) is 0 Å². The Morgan fingerprint density at radius 2 is 2.12 bits per heavy atom. The summed E-state index contributed by atoms with van der Waals surface area (Å²) in [6, 6.07) is 6.94. The lowest BCUT2D eigenvalue weighted by Gasteiger charge is -2.26. The van der Waals surface area contributed by atoms with Gasteiger partial charge in [0.1, 0.15) is 11.2 Å². The minimum absolute atomic E-state index is 0.282. The number of benzene rings is 1. The Balaban J connectivity index is 2.40. The third-order valence-electron chi connectivity index (χ3n) is 2.55. The van der Waals surface area contributed by atoms with Crippen LogP contribution in [-0.4, -0.2) is 26.6 Å². The number of hydrogen-bond donors (Lipinski definition) is 0. The van der Waals surface area contributed by atoms with E-state index >= 15 is 0 Å². The zero-order valence-electron chi connectivity index (χ0n) is 9.38. The summed E-state index contributed by atoms with van der Waals surface area (Å²) in [6.45, 7) is 2.83. The molecule has 1 aromatic rings. The van der Waals surface area contributed by atoms with Crippen LogP contribution in [-0.2, 0) is 10.0 Å². The maximum atomic E-state index is 11.7. The highest BCUT2D eigenvalue weighted by molar-refractivity contribution is 9.09. The van der Waals surface area contributed by atoms with Crippen molar-refractivity contribution in [3.63, 3.8) is 0 Å². The number of hydrogen-bond acceptors (Lipinski definition) is 3. The van der Waals surface area contributed by atoms with Gasteiger partial charge in [0.15, 0.2) is 0 Å². The minimum Gasteiger partial charge on any atom is -0.330 e. The molecule has 92 valence electrons. The number of alkyl halides is 1. The Morgan fingerprint density at radius 3 is 2.82 bits per heavy atom. The number of para-hydroxylation sites is 1. The molecule has 4 nitrogen and oxygen atoms in total. The summed E-state index contributed by atoms with van der Waals surface area (Å²) in [6.07, 6.45) is 1.40. The second kappa shape index (κ2) is 4.78. The highest BCUT2D eigenvalue weighted by Crippen LogP contribution is 2.29. The van der Waals surface area contributed by atoms with E-state index in [1.807, 2.05) is 11.0 Å². The van der Waals surface area contributed by atoms with Crippen LogP contribution in [0.5, 0.6) is 0 Å². The predicted molar refractivity (Wildman–Crippen MR) is 72.4 cm³/mol. The quantitative estimate of drug-likeness (QED) is 0.804. The molecule has 1 unspecified atom stereocenters. The highest BCUT2D eigenvalue weighted by atomic mass is 79.9. The van der Waals surface area contributed by atoms with Crippen LogP contribution in [0.1, 0.15) is 6.92 Å². The molecule has 1 heterocycles. The van der Waals surface area contributed by atoms with Gasteiger partial charge in [0, 0.05) is 11.9 Å². The fourth-order valence-electron chi connectivity index (χ4n) is 1.68. The molecular weight excluding hydrogens is 304 g/mol.